The molecule has 4 aromatic rings. The van der Waals surface area contributed by atoms with Crippen molar-refractivity contribution in [2.24, 2.45) is 0 Å². The molecular weight excluding hydrogens is 488 g/mol. The Morgan fingerprint density at radius 1 is 0.944 bits per heavy atom. The minimum absolute atomic E-state index is 0.0889. The van der Waals surface area contributed by atoms with Gasteiger partial charge in [-0.05, 0) is 54.6 Å². The fourth-order valence-corrected chi connectivity index (χ4v) is 3.88. The maximum absolute atomic E-state index is 14.6. The second-order valence-electron chi connectivity index (χ2n) is 9.03. The van der Waals surface area contributed by atoms with E-state index in [-0.39, 0.29) is 16.8 Å². The molecule has 0 atom stereocenters. The predicted octanol–water partition coefficient (Wildman–Crippen LogP) is 5.88. The average Bonchev–Trinajstić information content (AvgIpc) is 3.27. The Morgan fingerprint density at radius 3 is 2.22 bits per heavy atom. The Labute approximate surface area is 207 Å². The van der Waals surface area contributed by atoms with Crippen LogP contribution in [0.15, 0.2) is 71.9 Å². The number of urea groups is 1. The van der Waals surface area contributed by atoms with Crippen molar-refractivity contribution in [1.29, 1.82) is 0 Å². The Hall–Kier alpha value is -4.12. The van der Waals surface area contributed by atoms with Crippen LogP contribution in [0.4, 0.5) is 24.4 Å². The molecule has 36 heavy (non-hydrogen) atoms. The van der Waals surface area contributed by atoms with Gasteiger partial charge in [-0.3, -0.25) is 4.98 Å². The third kappa shape index (κ3) is 5.57. The van der Waals surface area contributed by atoms with Gasteiger partial charge in [0.05, 0.1) is 22.0 Å². The van der Waals surface area contributed by atoms with Gasteiger partial charge in [0, 0.05) is 34.6 Å². The summed E-state index contributed by atoms with van der Waals surface area (Å²) in [5.74, 6) is 0.0736. The molecule has 0 unspecified atom stereocenters. The number of carbonyl (C=O) groups is 1. The second kappa shape index (κ2) is 9.50. The quantitative estimate of drug-likeness (QED) is 0.290. The number of amides is 2. The van der Waals surface area contributed by atoms with E-state index < -0.39 is 27.0 Å². The minimum atomic E-state index is -4.85. The average molecular weight is 512 g/mol. The molecule has 8 nitrogen and oxygen atoms in total. The number of rotatable bonds is 5. The van der Waals surface area contributed by atoms with Gasteiger partial charge in [0.15, 0.2) is 0 Å². The van der Waals surface area contributed by atoms with Crippen molar-refractivity contribution in [2.75, 3.05) is 10.6 Å². The number of anilines is 2. The van der Waals surface area contributed by atoms with Gasteiger partial charge in [-0.2, -0.15) is 8.42 Å². The summed E-state index contributed by atoms with van der Waals surface area (Å²) in [5.41, 5.74) is 2.55. The molecule has 2 aromatic heterocycles. The maximum Gasteiger partial charge on any atom is 0.332 e. The van der Waals surface area contributed by atoms with Crippen LogP contribution in [-0.4, -0.2) is 29.4 Å². The van der Waals surface area contributed by atoms with E-state index in [2.05, 4.69) is 20.6 Å². The zero-order chi connectivity index (χ0) is 26.1. The summed E-state index contributed by atoms with van der Waals surface area (Å²) in [6.45, 7) is 6.05. The summed E-state index contributed by atoms with van der Waals surface area (Å²) in [4.78, 5) is 24.1. The number of carbonyl (C=O) groups excluding carboxylic acids is 1. The number of nitrogens with zero attached hydrogens (tertiary/aromatic N) is 2. The normalized spacial score (nSPS) is 11.8. The lowest BCUT2D eigenvalue weighted by Crippen LogP contribution is -2.20. The van der Waals surface area contributed by atoms with E-state index in [0.29, 0.717) is 11.3 Å². The smallest absolute Gasteiger partial charge is 0.332 e. The Kier molecular flexibility index (Phi) is 6.59. The molecule has 2 heterocycles. The first-order valence-electron chi connectivity index (χ1n) is 10.9. The Bertz CT molecular complexity index is 1510. The van der Waals surface area contributed by atoms with E-state index in [1.54, 1.807) is 18.5 Å². The number of pyridine rings is 1. The molecule has 0 saturated heterocycles. The van der Waals surface area contributed by atoms with E-state index in [0.717, 1.165) is 29.2 Å². The van der Waals surface area contributed by atoms with Crippen molar-refractivity contribution < 1.29 is 21.5 Å². The molecule has 0 spiro atoms. The van der Waals surface area contributed by atoms with Gasteiger partial charge in [-0.1, -0.05) is 20.8 Å². The number of halogens is 2. The lowest BCUT2D eigenvalue weighted by Gasteiger charge is -2.14. The molecule has 0 saturated carbocycles. The van der Waals surface area contributed by atoms with Crippen LogP contribution in [0.2, 0.25) is 0 Å². The van der Waals surface area contributed by atoms with E-state index >= 15 is 0 Å². The first-order valence-corrected chi connectivity index (χ1v) is 12.2. The second-order valence-corrected chi connectivity index (χ2v) is 10.4. The van der Waals surface area contributed by atoms with Crippen molar-refractivity contribution in [3.8, 4) is 22.5 Å². The first-order chi connectivity index (χ1) is 16.9. The van der Waals surface area contributed by atoms with Gasteiger partial charge in [-0.15, -0.1) is 3.89 Å². The number of imidazole rings is 1. The molecule has 0 bridgehead atoms. The summed E-state index contributed by atoms with van der Waals surface area (Å²) in [5, 5.41) is 4.90. The van der Waals surface area contributed by atoms with Gasteiger partial charge in [0.2, 0.25) is 0 Å². The molecule has 2 amide bonds. The first kappa shape index (κ1) is 25.0. The highest BCUT2D eigenvalue weighted by atomic mass is 32.3. The molecule has 11 heteroatoms. The molecule has 4 rings (SSSR count). The zero-order valence-corrected chi connectivity index (χ0v) is 20.5. The van der Waals surface area contributed by atoms with E-state index in [4.69, 9.17) is 4.98 Å². The highest BCUT2D eigenvalue weighted by Crippen LogP contribution is 2.34. The predicted molar refractivity (Wildman–Crippen MR) is 133 cm³/mol. The molecule has 0 fully saturated rings. The van der Waals surface area contributed by atoms with Crippen LogP contribution in [-0.2, 0) is 15.6 Å². The number of hydrogen-bond acceptors (Lipinski definition) is 5. The van der Waals surface area contributed by atoms with Gasteiger partial charge in [-0.25, -0.2) is 14.2 Å². The van der Waals surface area contributed by atoms with Crippen molar-refractivity contribution in [3.63, 3.8) is 0 Å². The summed E-state index contributed by atoms with van der Waals surface area (Å²) in [6.07, 6.45) is 3.32. The summed E-state index contributed by atoms with van der Waals surface area (Å²) in [7, 11) is -4.85. The van der Waals surface area contributed by atoms with Crippen LogP contribution in [0.3, 0.4) is 0 Å². The summed E-state index contributed by atoms with van der Waals surface area (Å²) in [6, 6.07) is 11.6. The van der Waals surface area contributed by atoms with Crippen LogP contribution in [0, 0.1) is 5.82 Å². The summed E-state index contributed by atoms with van der Waals surface area (Å²) >= 11 is 0. The van der Waals surface area contributed by atoms with E-state index in [9.17, 15) is 21.5 Å². The molecule has 0 aliphatic heterocycles. The molecular formula is C25H23F2N5O3S. The molecule has 0 aliphatic rings. The van der Waals surface area contributed by atoms with Crippen LogP contribution in [0.1, 0.15) is 26.6 Å². The number of aromatic amines is 1. The maximum atomic E-state index is 14.6. The topological polar surface area (TPSA) is 117 Å². The third-order valence-corrected chi connectivity index (χ3v) is 6.10. The number of H-pyrrole nitrogens is 1. The fourth-order valence-electron chi connectivity index (χ4n) is 3.42. The SMILES string of the molecule is CC(C)(C)c1nc(-c2ccc(F)c(NC(=O)Nc3ccc(S(=O)(=O)F)cc3)c2)c(-c2ccncc2)[nH]1. The van der Waals surface area contributed by atoms with Crippen LogP contribution >= 0.6 is 0 Å². The number of benzene rings is 2. The van der Waals surface area contributed by atoms with Crippen molar-refractivity contribution >= 4 is 27.6 Å². The van der Waals surface area contributed by atoms with E-state index in [1.165, 1.54) is 24.3 Å². The van der Waals surface area contributed by atoms with Gasteiger partial charge < -0.3 is 15.6 Å². The van der Waals surface area contributed by atoms with Crippen molar-refractivity contribution in [2.45, 2.75) is 31.1 Å². The van der Waals surface area contributed by atoms with Crippen LogP contribution in [0.25, 0.3) is 22.5 Å². The fraction of sp³-hybridized carbons (Fsp3) is 0.160. The van der Waals surface area contributed by atoms with Gasteiger partial charge >= 0.3 is 16.3 Å². The molecule has 0 radical (unpaired) electrons. The minimum Gasteiger partial charge on any atom is -0.341 e. The number of nitrogens with one attached hydrogen (secondary N) is 3. The number of hydrogen-bond donors (Lipinski definition) is 3. The largest absolute Gasteiger partial charge is 0.341 e. The number of aromatic nitrogens is 3. The molecule has 2 aromatic carbocycles. The van der Waals surface area contributed by atoms with Crippen LogP contribution in [0.5, 0.6) is 0 Å². The van der Waals surface area contributed by atoms with E-state index in [1.807, 2.05) is 32.9 Å². The molecule has 0 aliphatic carbocycles. The standard InChI is InChI=1S/C25H23F2N5O3S/c1-25(2,3)23-31-21(15-10-12-28-13-11-15)22(32-23)16-4-9-19(26)20(14-16)30-24(33)29-17-5-7-18(8-6-17)36(27,34)35/h4-14H,1-3H3,(H,31,32)(H2,29,30,33). The lowest BCUT2D eigenvalue weighted by molar-refractivity contribution is 0.262. The highest BCUT2D eigenvalue weighted by molar-refractivity contribution is 7.86. The Balaban J connectivity index is 1.63. The summed E-state index contributed by atoms with van der Waals surface area (Å²) < 4.78 is 49.5. The zero-order valence-electron chi connectivity index (χ0n) is 19.6. The molecule has 3 N–H and O–H groups in total. The molecule has 186 valence electrons. The van der Waals surface area contributed by atoms with Crippen molar-refractivity contribution in [3.05, 3.63) is 78.6 Å². The monoisotopic (exact) mass is 511 g/mol. The van der Waals surface area contributed by atoms with Crippen molar-refractivity contribution in [1.82, 2.24) is 15.0 Å². The lowest BCUT2D eigenvalue weighted by atomic mass is 9.96. The third-order valence-electron chi connectivity index (χ3n) is 5.26. The van der Waals surface area contributed by atoms with Crippen LogP contribution < -0.4 is 10.6 Å². The van der Waals surface area contributed by atoms with Gasteiger partial charge in [0.25, 0.3) is 0 Å². The Morgan fingerprint density at radius 2 is 1.61 bits per heavy atom. The highest BCUT2D eigenvalue weighted by Gasteiger charge is 2.23. The van der Waals surface area contributed by atoms with Gasteiger partial charge in [0.1, 0.15) is 11.6 Å².